The molecule has 1 unspecified atom stereocenters. The summed E-state index contributed by atoms with van der Waals surface area (Å²) >= 11 is 0. The number of carbonyl (C=O) groups excluding carboxylic acids is 2. The second-order valence-corrected chi connectivity index (χ2v) is 5.64. The second kappa shape index (κ2) is 9.21. The SMILES string of the molecule is CCOc1ccc(OC(C)C(=O)NNC(=O)c2ccc(N)c([N+](=O)[O-])c2)cc1. The lowest BCUT2D eigenvalue weighted by molar-refractivity contribution is -0.383. The molecule has 2 aromatic carbocycles. The number of rotatable bonds is 7. The number of nitro groups is 1. The van der Waals surface area contributed by atoms with E-state index in [1.165, 1.54) is 19.1 Å². The van der Waals surface area contributed by atoms with Crippen molar-refractivity contribution in [2.45, 2.75) is 20.0 Å². The monoisotopic (exact) mass is 388 g/mol. The minimum absolute atomic E-state index is 0.0266. The first kappa shape index (κ1) is 20.5. The van der Waals surface area contributed by atoms with Crippen LogP contribution in [-0.2, 0) is 4.79 Å². The number of hydrogen-bond acceptors (Lipinski definition) is 7. The van der Waals surface area contributed by atoms with Crippen molar-refractivity contribution >= 4 is 23.2 Å². The minimum atomic E-state index is -0.904. The quantitative estimate of drug-likeness (QED) is 0.372. The zero-order valence-electron chi connectivity index (χ0n) is 15.3. The molecule has 0 radical (unpaired) electrons. The van der Waals surface area contributed by atoms with Crippen molar-refractivity contribution in [2.75, 3.05) is 12.3 Å². The average Bonchev–Trinajstić information content (AvgIpc) is 2.67. The Morgan fingerprint density at radius 1 is 1.14 bits per heavy atom. The number of benzene rings is 2. The van der Waals surface area contributed by atoms with Crippen LogP contribution in [0.4, 0.5) is 11.4 Å². The van der Waals surface area contributed by atoms with Gasteiger partial charge in [-0.1, -0.05) is 0 Å². The Bertz CT molecular complexity index is 869. The molecule has 0 fully saturated rings. The maximum Gasteiger partial charge on any atom is 0.292 e. The molecule has 28 heavy (non-hydrogen) atoms. The normalized spacial score (nSPS) is 11.2. The van der Waals surface area contributed by atoms with Crippen LogP contribution in [0, 0.1) is 10.1 Å². The predicted molar refractivity (Wildman–Crippen MR) is 101 cm³/mol. The first-order chi connectivity index (χ1) is 13.3. The van der Waals surface area contributed by atoms with E-state index in [4.69, 9.17) is 15.2 Å². The number of nitrogen functional groups attached to an aromatic ring is 1. The van der Waals surface area contributed by atoms with E-state index in [1.807, 2.05) is 6.92 Å². The van der Waals surface area contributed by atoms with Crippen LogP contribution in [0.3, 0.4) is 0 Å². The smallest absolute Gasteiger partial charge is 0.292 e. The van der Waals surface area contributed by atoms with Crippen molar-refractivity contribution in [1.82, 2.24) is 10.9 Å². The van der Waals surface area contributed by atoms with Gasteiger partial charge in [-0.2, -0.15) is 0 Å². The van der Waals surface area contributed by atoms with Gasteiger partial charge in [0.15, 0.2) is 6.10 Å². The largest absolute Gasteiger partial charge is 0.494 e. The first-order valence-corrected chi connectivity index (χ1v) is 8.35. The number of nitro benzene ring substituents is 1. The van der Waals surface area contributed by atoms with Crippen LogP contribution in [0.1, 0.15) is 24.2 Å². The molecule has 0 heterocycles. The second-order valence-electron chi connectivity index (χ2n) is 5.64. The number of amides is 2. The number of anilines is 1. The van der Waals surface area contributed by atoms with Gasteiger partial charge in [0.1, 0.15) is 17.2 Å². The molecule has 0 aliphatic rings. The molecule has 10 nitrogen and oxygen atoms in total. The van der Waals surface area contributed by atoms with Crippen molar-refractivity contribution < 1.29 is 24.0 Å². The summed E-state index contributed by atoms with van der Waals surface area (Å²) in [7, 11) is 0. The summed E-state index contributed by atoms with van der Waals surface area (Å²) in [5, 5.41) is 10.9. The van der Waals surface area contributed by atoms with Crippen molar-refractivity contribution in [3.8, 4) is 11.5 Å². The van der Waals surface area contributed by atoms with E-state index in [1.54, 1.807) is 24.3 Å². The molecule has 0 aromatic heterocycles. The molecule has 0 saturated carbocycles. The Kier molecular flexibility index (Phi) is 6.74. The van der Waals surface area contributed by atoms with Gasteiger partial charge in [-0.25, -0.2) is 0 Å². The number of nitrogens with one attached hydrogen (secondary N) is 2. The van der Waals surface area contributed by atoms with Gasteiger partial charge in [0.2, 0.25) is 0 Å². The Balaban J connectivity index is 1.91. The molecular formula is C18H20N4O6. The lowest BCUT2D eigenvalue weighted by Gasteiger charge is -2.15. The van der Waals surface area contributed by atoms with Crippen LogP contribution in [0.2, 0.25) is 0 Å². The molecule has 2 rings (SSSR count). The third-order valence-electron chi connectivity index (χ3n) is 3.61. The Labute approximate surface area is 160 Å². The maximum atomic E-state index is 12.1. The van der Waals surface area contributed by atoms with Crippen LogP contribution >= 0.6 is 0 Å². The third-order valence-corrected chi connectivity index (χ3v) is 3.61. The van der Waals surface area contributed by atoms with E-state index in [9.17, 15) is 19.7 Å². The van der Waals surface area contributed by atoms with Crippen molar-refractivity contribution in [1.29, 1.82) is 0 Å². The standard InChI is InChI=1S/C18H20N4O6/c1-3-27-13-5-7-14(8-6-13)28-11(2)17(23)20-21-18(24)12-4-9-15(19)16(10-12)22(25)26/h4-11H,3,19H2,1-2H3,(H,20,23)(H,21,24). The van der Waals surface area contributed by atoms with Crippen molar-refractivity contribution in [2.24, 2.45) is 0 Å². The zero-order valence-corrected chi connectivity index (χ0v) is 15.3. The Morgan fingerprint density at radius 2 is 1.79 bits per heavy atom. The van der Waals surface area contributed by atoms with Gasteiger partial charge in [-0.3, -0.25) is 30.6 Å². The van der Waals surface area contributed by atoms with Gasteiger partial charge in [-0.15, -0.1) is 0 Å². The van der Waals surface area contributed by atoms with E-state index < -0.39 is 28.5 Å². The third kappa shape index (κ3) is 5.34. The summed E-state index contributed by atoms with van der Waals surface area (Å²) < 4.78 is 10.8. The van der Waals surface area contributed by atoms with Gasteiger partial charge < -0.3 is 15.2 Å². The fourth-order valence-electron chi connectivity index (χ4n) is 2.17. The van der Waals surface area contributed by atoms with Gasteiger partial charge in [-0.05, 0) is 50.2 Å². The highest BCUT2D eigenvalue weighted by atomic mass is 16.6. The molecule has 10 heteroatoms. The van der Waals surface area contributed by atoms with Gasteiger partial charge in [0.25, 0.3) is 17.5 Å². The number of ether oxygens (including phenoxy) is 2. The lowest BCUT2D eigenvalue weighted by Crippen LogP contribution is -2.47. The molecular weight excluding hydrogens is 368 g/mol. The van der Waals surface area contributed by atoms with Crippen molar-refractivity contribution in [3.63, 3.8) is 0 Å². The number of hydrogen-bond donors (Lipinski definition) is 3. The fraction of sp³-hybridized carbons (Fsp3) is 0.222. The lowest BCUT2D eigenvalue weighted by atomic mass is 10.1. The average molecular weight is 388 g/mol. The molecule has 2 amide bonds. The van der Waals surface area contributed by atoms with E-state index in [2.05, 4.69) is 10.9 Å². The number of hydrazine groups is 1. The van der Waals surface area contributed by atoms with Crippen LogP contribution in [0.25, 0.3) is 0 Å². The van der Waals surface area contributed by atoms with Gasteiger partial charge in [0.05, 0.1) is 11.5 Å². The van der Waals surface area contributed by atoms with E-state index in [-0.39, 0.29) is 11.3 Å². The molecule has 0 spiro atoms. The topological polar surface area (TPSA) is 146 Å². The number of carbonyl (C=O) groups is 2. The minimum Gasteiger partial charge on any atom is -0.494 e. The van der Waals surface area contributed by atoms with Crippen molar-refractivity contribution in [3.05, 3.63) is 58.1 Å². The van der Waals surface area contributed by atoms with E-state index in [0.717, 1.165) is 6.07 Å². The van der Waals surface area contributed by atoms with Crippen LogP contribution in [-0.4, -0.2) is 29.4 Å². The van der Waals surface area contributed by atoms with Crippen LogP contribution < -0.4 is 26.1 Å². The molecule has 0 aliphatic carbocycles. The molecule has 0 saturated heterocycles. The van der Waals surface area contributed by atoms with Crippen LogP contribution in [0.5, 0.6) is 11.5 Å². The Hall–Kier alpha value is -3.82. The molecule has 148 valence electrons. The molecule has 1 atom stereocenters. The highest BCUT2D eigenvalue weighted by Gasteiger charge is 2.18. The summed E-state index contributed by atoms with van der Waals surface area (Å²) in [4.78, 5) is 34.3. The summed E-state index contributed by atoms with van der Waals surface area (Å²) in [6, 6.07) is 10.3. The summed E-state index contributed by atoms with van der Waals surface area (Å²) in [5.74, 6) is -0.208. The highest BCUT2D eigenvalue weighted by Crippen LogP contribution is 2.22. The highest BCUT2D eigenvalue weighted by molar-refractivity contribution is 5.97. The molecule has 0 bridgehead atoms. The molecule has 0 aliphatic heterocycles. The number of nitrogens with two attached hydrogens (primary N) is 1. The van der Waals surface area contributed by atoms with Gasteiger partial charge in [0, 0.05) is 11.6 Å². The first-order valence-electron chi connectivity index (χ1n) is 8.35. The van der Waals surface area contributed by atoms with Gasteiger partial charge >= 0.3 is 0 Å². The Morgan fingerprint density at radius 3 is 2.39 bits per heavy atom. The summed E-state index contributed by atoms with van der Waals surface area (Å²) in [5.41, 5.74) is 9.38. The van der Waals surface area contributed by atoms with Crippen LogP contribution in [0.15, 0.2) is 42.5 Å². The number of nitrogens with zero attached hydrogens (tertiary/aromatic N) is 1. The molecule has 4 N–H and O–H groups in total. The van der Waals surface area contributed by atoms with E-state index in [0.29, 0.717) is 18.1 Å². The molecule has 2 aromatic rings. The summed E-state index contributed by atoms with van der Waals surface area (Å²) in [6.07, 6.45) is -0.904. The summed E-state index contributed by atoms with van der Waals surface area (Å²) in [6.45, 7) is 3.91. The fourth-order valence-corrected chi connectivity index (χ4v) is 2.17. The zero-order chi connectivity index (χ0) is 20.7. The van der Waals surface area contributed by atoms with E-state index >= 15 is 0 Å². The predicted octanol–water partition coefficient (Wildman–Crippen LogP) is 1.80. The maximum absolute atomic E-state index is 12.1.